The first-order valence-electron chi connectivity index (χ1n) is 11.4. The molecule has 2 N–H and O–H groups in total. The van der Waals surface area contributed by atoms with Gasteiger partial charge in [-0.15, -0.1) is 12.4 Å². The first-order valence-corrected chi connectivity index (χ1v) is 11.4. The number of nitrogens with one attached hydrogen (secondary N) is 2. The summed E-state index contributed by atoms with van der Waals surface area (Å²) in [5.74, 6) is -0.201. The normalized spacial score (nSPS) is 11.0. The van der Waals surface area contributed by atoms with Crippen molar-refractivity contribution in [2.24, 2.45) is 0 Å². The van der Waals surface area contributed by atoms with Crippen LogP contribution in [0.3, 0.4) is 0 Å². The predicted molar refractivity (Wildman–Crippen MR) is 143 cm³/mol. The number of amides is 1. The zero-order valence-electron chi connectivity index (χ0n) is 20.3. The van der Waals surface area contributed by atoms with E-state index < -0.39 is 17.6 Å². The van der Waals surface area contributed by atoms with E-state index in [2.05, 4.69) is 30.6 Å². The molecular formula is C27H21ClF3N7O. The van der Waals surface area contributed by atoms with E-state index >= 15 is 0 Å². The Hall–Kier alpha value is -4.77. The minimum absolute atomic E-state index is 0. The first kappa shape index (κ1) is 27.3. The van der Waals surface area contributed by atoms with Gasteiger partial charge in [-0.2, -0.15) is 13.2 Å². The van der Waals surface area contributed by atoms with Crippen molar-refractivity contribution in [3.63, 3.8) is 0 Å². The largest absolute Gasteiger partial charge is 0.416 e. The topological polar surface area (TPSA) is 97.6 Å². The maximum atomic E-state index is 13.5. The van der Waals surface area contributed by atoms with E-state index in [9.17, 15) is 18.0 Å². The molecule has 0 spiro atoms. The van der Waals surface area contributed by atoms with Crippen molar-refractivity contribution in [3.05, 3.63) is 109 Å². The Morgan fingerprint density at radius 1 is 0.949 bits per heavy atom. The Morgan fingerprint density at radius 2 is 1.74 bits per heavy atom. The second-order valence-corrected chi connectivity index (χ2v) is 8.35. The lowest BCUT2D eigenvalue weighted by atomic mass is 10.1. The third-order valence-corrected chi connectivity index (χ3v) is 5.53. The summed E-state index contributed by atoms with van der Waals surface area (Å²) >= 11 is 0. The number of carbonyl (C=O) groups is 1. The molecule has 3 aromatic heterocycles. The van der Waals surface area contributed by atoms with Crippen molar-refractivity contribution in [2.45, 2.75) is 13.1 Å². The van der Waals surface area contributed by atoms with Crippen LogP contribution < -0.4 is 10.6 Å². The van der Waals surface area contributed by atoms with E-state index in [0.717, 1.165) is 17.7 Å². The molecule has 5 aromatic rings. The Bertz CT molecular complexity index is 1590. The molecule has 0 saturated carbocycles. The standard InChI is InChI=1S/C27H20F3N7O.ClH/c1-17-15-37(16-33-17)23-12-20(27(28,29)30)11-22(13-23)34-25(38)18-4-6-21(7-5-18)35-26-32-10-8-24(36-26)19-3-2-9-31-14-19;/h2-16H,1H3,(H,34,38)(H,32,35,36);1H. The summed E-state index contributed by atoms with van der Waals surface area (Å²) in [7, 11) is 0. The third-order valence-electron chi connectivity index (χ3n) is 5.53. The van der Waals surface area contributed by atoms with Crippen LogP contribution in [-0.4, -0.2) is 30.4 Å². The van der Waals surface area contributed by atoms with Gasteiger partial charge in [-0.3, -0.25) is 9.78 Å². The van der Waals surface area contributed by atoms with E-state index in [-0.39, 0.29) is 29.3 Å². The number of halogens is 4. The zero-order valence-corrected chi connectivity index (χ0v) is 21.2. The van der Waals surface area contributed by atoms with Gasteiger partial charge in [0.2, 0.25) is 5.95 Å². The van der Waals surface area contributed by atoms with Gasteiger partial charge < -0.3 is 15.2 Å². The quantitative estimate of drug-likeness (QED) is 0.251. The molecule has 5 rings (SSSR count). The summed E-state index contributed by atoms with van der Waals surface area (Å²) in [6.45, 7) is 1.73. The molecule has 12 heteroatoms. The maximum absolute atomic E-state index is 13.5. The zero-order chi connectivity index (χ0) is 26.7. The summed E-state index contributed by atoms with van der Waals surface area (Å²) in [5, 5.41) is 5.63. The molecule has 0 saturated heterocycles. The summed E-state index contributed by atoms with van der Waals surface area (Å²) < 4.78 is 42.0. The number of benzene rings is 2. The van der Waals surface area contributed by atoms with Crippen LogP contribution in [0.15, 0.2) is 91.8 Å². The highest BCUT2D eigenvalue weighted by Crippen LogP contribution is 2.33. The third kappa shape index (κ3) is 6.57. The highest BCUT2D eigenvalue weighted by molar-refractivity contribution is 6.04. The molecule has 2 aromatic carbocycles. The molecule has 0 aliphatic carbocycles. The Morgan fingerprint density at radius 3 is 2.41 bits per heavy atom. The molecule has 39 heavy (non-hydrogen) atoms. The number of aromatic nitrogens is 5. The van der Waals surface area contributed by atoms with Crippen molar-refractivity contribution in [1.82, 2.24) is 24.5 Å². The Balaban J connectivity index is 0.00000353. The van der Waals surface area contributed by atoms with Gasteiger partial charge in [0, 0.05) is 53.0 Å². The maximum Gasteiger partial charge on any atom is 0.416 e. The summed E-state index contributed by atoms with van der Waals surface area (Å²) in [5.41, 5.74) is 2.42. The van der Waals surface area contributed by atoms with Gasteiger partial charge in [0.25, 0.3) is 5.91 Å². The Kier molecular flexibility index (Phi) is 7.91. The van der Waals surface area contributed by atoms with E-state index in [1.54, 1.807) is 62.0 Å². The molecule has 198 valence electrons. The van der Waals surface area contributed by atoms with Crippen molar-refractivity contribution in [3.8, 4) is 16.9 Å². The number of alkyl halides is 3. The summed E-state index contributed by atoms with van der Waals surface area (Å²) in [6, 6.07) is 15.2. The van der Waals surface area contributed by atoms with E-state index in [1.807, 2.05) is 12.1 Å². The van der Waals surface area contributed by atoms with Crippen LogP contribution in [0.4, 0.5) is 30.5 Å². The lowest BCUT2D eigenvalue weighted by Gasteiger charge is -2.14. The fourth-order valence-corrected chi connectivity index (χ4v) is 3.69. The van der Waals surface area contributed by atoms with E-state index in [4.69, 9.17) is 0 Å². The van der Waals surface area contributed by atoms with Crippen LogP contribution in [0, 0.1) is 6.92 Å². The lowest BCUT2D eigenvalue weighted by Crippen LogP contribution is -2.14. The number of hydrogen-bond acceptors (Lipinski definition) is 6. The molecular weight excluding hydrogens is 531 g/mol. The van der Waals surface area contributed by atoms with Crippen molar-refractivity contribution >= 4 is 35.6 Å². The van der Waals surface area contributed by atoms with E-state index in [0.29, 0.717) is 23.0 Å². The fourth-order valence-electron chi connectivity index (χ4n) is 3.69. The smallest absolute Gasteiger partial charge is 0.324 e. The number of nitrogens with zero attached hydrogens (tertiary/aromatic N) is 5. The molecule has 8 nitrogen and oxygen atoms in total. The molecule has 0 aliphatic rings. The number of pyridine rings is 1. The molecule has 0 bridgehead atoms. The van der Waals surface area contributed by atoms with Gasteiger partial charge in [0.15, 0.2) is 0 Å². The van der Waals surface area contributed by atoms with Gasteiger partial charge in [-0.1, -0.05) is 0 Å². The van der Waals surface area contributed by atoms with Gasteiger partial charge >= 0.3 is 6.18 Å². The predicted octanol–water partition coefficient (Wildman–Crippen LogP) is 6.47. The van der Waals surface area contributed by atoms with Gasteiger partial charge in [-0.25, -0.2) is 15.0 Å². The number of aryl methyl sites for hydroxylation is 1. The molecule has 1 amide bonds. The number of carbonyl (C=O) groups excluding carboxylic acids is 1. The van der Waals surface area contributed by atoms with Crippen molar-refractivity contribution < 1.29 is 18.0 Å². The Labute approximate surface area is 227 Å². The SMILES string of the molecule is Cc1cn(-c2cc(NC(=O)c3ccc(Nc4nccc(-c5cccnc5)n4)cc3)cc(C(F)(F)F)c2)cn1.Cl. The highest BCUT2D eigenvalue weighted by atomic mass is 35.5. The number of anilines is 3. The summed E-state index contributed by atoms with van der Waals surface area (Å²) in [6.07, 6.45) is 3.42. The second kappa shape index (κ2) is 11.3. The van der Waals surface area contributed by atoms with Crippen molar-refractivity contribution in [1.29, 1.82) is 0 Å². The highest BCUT2D eigenvalue weighted by Gasteiger charge is 2.31. The first-order chi connectivity index (χ1) is 18.2. The fraction of sp³-hybridized carbons (Fsp3) is 0.0741. The average molecular weight is 552 g/mol. The van der Waals surface area contributed by atoms with Crippen LogP contribution in [0.25, 0.3) is 16.9 Å². The molecule has 3 heterocycles. The minimum Gasteiger partial charge on any atom is -0.324 e. The second-order valence-electron chi connectivity index (χ2n) is 8.35. The van der Waals surface area contributed by atoms with Crippen LogP contribution >= 0.6 is 12.4 Å². The van der Waals surface area contributed by atoms with Gasteiger partial charge in [0.1, 0.15) is 0 Å². The van der Waals surface area contributed by atoms with Gasteiger partial charge in [0.05, 0.1) is 23.3 Å². The van der Waals surface area contributed by atoms with E-state index in [1.165, 1.54) is 17.0 Å². The minimum atomic E-state index is -4.59. The van der Waals surface area contributed by atoms with Crippen LogP contribution in [0.2, 0.25) is 0 Å². The molecule has 0 atom stereocenters. The number of hydrogen-bond donors (Lipinski definition) is 2. The molecule has 0 fully saturated rings. The molecule has 0 radical (unpaired) electrons. The number of rotatable bonds is 6. The molecule has 0 unspecified atom stereocenters. The number of imidazole rings is 1. The van der Waals surface area contributed by atoms with Crippen molar-refractivity contribution in [2.75, 3.05) is 10.6 Å². The molecule has 0 aliphatic heterocycles. The van der Waals surface area contributed by atoms with Gasteiger partial charge in [-0.05, 0) is 67.6 Å². The van der Waals surface area contributed by atoms with Crippen LogP contribution in [0.1, 0.15) is 21.6 Å². The monoisotopic (exact) mass is 551 g/mol. The van der Waals surface area contributed by atoms with Crippen LogP contribution in [-0.2, 0) is 6.18 Å². The lowest BCUT2D eigenvalue weighted by molar-refractivity contribution is -0.137. The van der Waals surface area contributed by atoms with Crippen LogP contribution in [0.5, 0.6) is 0 Å². The average Bonchev–Trinajstić information content (AvgIpc) is 3.35. The summed E-state index contributed by atoms with van der Waals surface area (Å²) in [4.78, 5) is 29.7.